The molecule has 0 bridgehead atoms. The van der Waals surface area contributed by atoms with Crippen molar-refractivity contribution in [3.8, 4) is 5.75 Å². The summed E-state index contributed by atoms with van der Waals surface area (Å²) >= 11 is 0. The van der Waals surface area contributed by atoms with Crippen molar-refractivity contribution in [1.29, 1.82) is 0 Å². The van der Waals surface area contributed by atoms with Crippen molar-refractivity contribution < 1.29 is 32.2 Å². The molecule has 1 aliphatic heterocycles. The average molecular weight is 488 g/mol. The predicted octanol–water partition coefficient (Wildman–Crippen LogP) is 4.19. The van der Waals surface area contributed by atoms with E-state index < -0.39 is 12.3 Å². The Morgan fingerprint density at radius 1 is 1.12 bits per heavy atom. The molecule has 1 aromatic rings. The highest BCUT2D eigenvalue weighted by Crippen LogP contribution is 2.26. The van der Waals surface area contributed by atoms with Crippen molar-refractivity contribution in [1.82, 2.24) is 10.2 Å². The van der Waals surface area contributed by atoms with E-state index in [1.54, 1.807) is 4.90 Å². The van der Waals surface area contributed by atoms with Gasteiger partial charge in [-0.3, -0.25) is 9.59 Å². The van der Waals surface area contributed by atoms with Gasteiger partial charge in [-0.25, -0.2) is 0 Å². The number of carbonyl (C=O) groups excluding carboxylic acids is 2. The first kappa shape index (κ1) is 27.8. The molecule has 2 rings (SSSR count). The summed E-state index contributed by atoms with van der Waals surface area (Å²) in [6.45, 7) is 10.6. The number of hydrogen-bond acceptors (Lipinski definition) is 5. The third kappa shape index (κ3) is 10.6. The minimum absolute atomic E-state index is 0.0374. The van der Waals surface area contributed by atoms with Crippen LogP contribution in [-0.2, 0) is 14.3 Å². The zero-order valence-electron chi connectivity index (χ0n) is 20.3. The van der Waals surface area contributed by atoms with Crippen molar-refractivity contribution in [2.75, 3.05) is 38.2 Å². The van der Waals surface area contributed by atoms with Crippen molar-refractivity contribution >= 4 is 17.5 Å². The van der Waals surface area contributed by atoms with E-state index in [-0.39, 0.29) is 35.4 Å². The Balaban J connectivity index is 1.89. The number of nitrogens with zero attached hydrogens (tertiary/aromatic N) is 1. The van der Waals surface area contributed by atoms with Gasteiger partial charge in [0.2, 0.25) is 11.8 Å². The first-order valence-electron chi connectivity index (χ1n) is 11.6. The van der Waals surface area contributed by atoms with Crippen molar-refractivity contribution in [2.24, 2.45) is 11.3 Å². The molecular formula is C24H36F3N3O4. The van der Waals surface area contributed by atoms with Gasteiger partial charge >= 0.3 is 6.36 Å². The van der Waals surface area contributed by atoms with Gasteiger partial charge in [0.25, 0.3) is 0 Å². The number of carbonyl (C=O) groups is 2. The molecule has 1 aliphatic rings. The largest absolute Gasteiger partial charge is 0.573 e. The highest BCUT2D eigenvalue weighted by molar-refractivity contribution is 5.86. The first-order valence-corrected chi connectivity index (χ1v) is 11.6. The SMILES string of the molecule is C[C@@H](CNc1ccc(OC(F)(F)F)cc1)NC(=O)[C@H](CCC(C)(C)C)CC(=O)N1CCOCC1. The quantitative estimate of drug-likeness (QED) is 0.517. The number of alkyl halides is 3. The molecule has 0 spiro atoms. The van der Waals surface area contributed by atoms with E-state index in [0.29, 0.717) is 45.0 Å². The van der Waals surface area contributed by atoms with E-state index in [0.717, 1.165) is 6.42 Å². The summed E-state index contributed by atoms with van der Waals surface area (Å²) in [5.41, 5.74) is 0.637. The Morgan fingerprint density at radius 3 is 2.29 bits per heavy atom. The summed E-state index contributed by atoms with van der Waals surface area (Å²) in [4.78, 5) is 27.5. The predicted molar refractivity (Wildman–Crippen MR) is 123 cm³/mol. The van der Waals surface area contributed by atoms with Crippen molar-refractivity contribution in [3.63, 3.8) is 0 Å². The van der Waals surface area contributed by atoms with Crippen LogP contribution < -0.4 is 15.4 Å². The molecule has 10 heteroatoms. The van der Waals surface area contributed by atoms with Gasteiger partial charge in [0.15, 0.2) is 0 Å². The number of ether oxygens (including phenoxy) is 2. The van der Waals surface area contributed by atoms with Crippen LogP contribution in [0.3, 0.4) is 0 Å². The molecule has 2 atom stereocenters. The van der Waals surface area contributed by atoms with Crippen LogP contribution in [0.2, 0.25) is 0 Å². The van der Waals surface area contributed by atoms with Gasteiger partial charge in [0, 0.05) is 43.7 Å². The van der Waals surface area contributed by atoms with Gasteiger partial charge in [-0.05, 0) is 49.4 Å². The number of benzene rings is 1. The van der Waals surface area contributed by atoms with Crippen LogP contribution in [0.25, 0.3) is 0 Å². The maximum atomic E-state index is 13.0. The third-order valence-electron chi connectivity index (χ3n) is 5.49. The summed E-state index contributed by atoms with van der Waals surface area (Å²) in [7, 11) is 0. The molecule has 1 aromatic carbocycles. The Bertz CT molecular complexity index is 788. The molecule has 0 aliphatic carbocycles. The number of halogens is 3. The van der Waals surface area contributed by atoms with E-state index in [1.807, 2.05) is 6.92 Å². The van der Waals surface area contributed by atoms with Gasteiger partial charge < -0.3 is 25.0 Å². The third-order valence-corrected chi connectivity index (χ3v) is 5.49. The van der Waals surface area contributed by atoms with Gasteiger partial charge in [0.1, 0.15) is 5.75 Å². The number of rotatable bonds is 10. The van der Waals surface area contributed by atoms with Crippen LogP contribution in [0.1, 0.15) is 47.0 Å². The van der Waals surface area contributed by atoms with Crippen LogP contribution in [0.5, 0.6) is 5.75 Å². The summed E-state index contributed by atoms with van der Waals surface area (Å²) in [6, 6.07) is 5.14. The number of amides is 2. The fourth-order valence-electron chi connectivity index (χ4n) is 3.54. The lowest BCUT2D eigenvalue weighted by molar-refractivity contribution is -0.274. The molecule has 2 amide bonds. The molecule has 1 fully saturated rings. The van der Waals surface area contributed by atoms with Gasteiger partial charge in [0.05, 0.1) is 13.2 Å². The zero-order valence-corrected chi connectivity index (χ0v) is 20.3. The zero-order chi connectivity index (χ0) is 25.4. The number of hydrogen-bond donors (Lipinski definition) is 2. The molecule has 0 saturated carbocycles. The second-order valence-corrected chi connectivity index (χ2v) is 9.86. The normalized spacial score (nSPS) is 16.5. The van der Waals surface area contributed by atoms with Crippen LogP contribution in [0, 0.1) is 11.3 Å². The maximum absolute atomic E-state index is 13.0. The molecule has 192 valence electrons. The molecule has 34 heavy (non-hydrogen) atoms. The molecule has 0 radical (unpaired) electrons. The Kier molecular flexibility index (Phi) is 10.0. The maximum Gasteiger partial charge on any atom is 0.573 e. The van der Waals surface area contributed by atoms with Gasteiger partial charge in [-0.15, -0.1) is 13.2 Å². The second kappa shape index (κ2) is 12.3. The van der Waals surface area contributed by atoms with E-state index in [9.17, 15) is 22.8 Å². The van der Waals surface area contributed by atoms with Crippen LogP contribution in [0.4, 0.5) is 18.9 Å². The minimum atomic E-state index is -4.74. The molecule has 0 unspecified atom stereocenters. The molecule has 1 heterocycles. The molecule has 7 nitrogen and oxygen atoms in total. The molecule has 0 aromatic heterocycles. The minimum Gasteiger partial charge on any atom is -0.406 e. The monoisotopic (exact) mass is 487 g/mol. The highest BCUT2D eigenvalue weighted by atomic mass is 19.4. The summed E-state index contributed by atoms with van der Waals surface area (Å²) in [5, 5.41) is 6.05. The topological polar surface area (TPSA) is 79.9 Å². The van der Waals surface area contributed by atoms with E-state index in [4.69, 9.17) is 4.74 Å². The molecule has 1 saturated heterocycles. The molecule has 2 N–H and O–H groups in total. The van der Waals surface area contributed by atoms with Gasteiger partial charge in [-0.2, -0.15) is 0 Å². The summed E-state index contributed by atoms with van der Waals surface area (Å²) < 4.78 is 46.0. The van der Waals surface area contributed by atoms with Crippen LogP contribution in [0.15, 0.2) is 24.3 Å². The van der Waals surface area contributed by atoms with E-state index in [2.05, 4.69) is 36.1 Å². The lowest BCUT2D eigenvalue weighted by Crippen LogP contribution is -2.45. The lowest BCUT2D eigenvalue weighted by atomic mass is 9.85. The standard InChI is InChI=1S/C24H36F3N3O4/c1-17(16-28-19-5-7-20(8-6-19)34-24(25,26)27)29-22(32)18(9-10-23(2,3)4)15-21(31)30-11-13-33-14-12-30/h5-8,17-18,28H,9-16H2,1-4H3,(H,29,32)/t17-,18+/m0/s1. The van der Waals surface area contributed by atoms with Crippen molar-refractivity contribution in [3.05, 3.63) is 24.3 Å². The number of nitrogens with one attached hydrogen (secondary N) is 2. The van der Waals surface area contributed by atoms with Crippen LogP contribution in [-0.4, -0.2) is 62.0 Å². The first-order chi connectivity index (χ1) is 15.8. The molecular weight excluding hydrogens is 451 g/mol. The van der Waals surface area contributed by atoms with Crippen molar-refractivity contribution in [2.45, 2.75) is 59.4 Å². The average Bonchev–Trinajstić information content (AvgIpc) is 2.74. The van der Waals surface area contributed by atoms with E-state index >= 15 is 0 Å². The fourth-order valence-corrected chi connectivity index (χ4v) is 3.54. The van der Waals surface area contributed by atoms with Crippen LogP contribution >= 0.6 is 0 Å². The lowest BCUT2D eigenvalue weighted by Gasteiger charge is -2.29. The smallest absolute Gasteiger partial charge is 0.406 e. The number of morpholine rings is 1. The van der Waals surface area contributed by atoms with E-state index in [1.165, 1.54) is 24.3 Å². The highest BCUT2D eigenvalue weighted by Gasteiger charge is 2.31. The Hall–Kier alpha value is -2.49. The summed E-state index contributed by atoms with van der Waals surface area (Å²) in [6.07, 6.45) is -3.17. The van der Waals surface area contributed by atoms with Gasteiger partial charge in [-0.1, -0.05) is 20.8 Å². The Labute approximate surface area is 199 Å². The summed E-state index contributed by atoms with van der Waals surface area (Å²) in [5.74, 6) is -0.944. The fraction of sp³-hybridized carbons (Fsp3) is 0.667. The number of anilines is 1. The Morgan fingerprint density at radius 2 is 1.74 bits per heavy atom. The second-order valence-electron chi connectivity index (χ2n) is 9.86.